The van der Waals surface area contributed by atoms with Crippen molar-refractivity contribution in [2.75, 3.05) is 0 Å². The number of benzene rings is 1. The van der Waals surface area contributed by atoms with E-state index in [0.717, 1.165) is 0 Å². The van der Waals surface area contributed by atoms with Crippen molar-refractivity contribution in [1.29, 1.82) is 0 Å². The van der Waals surface area contributed by atoms with Gasteiger partial charge in [0.2, 0.25) is 0 Å². The van der Waals surface area contributed by atoms with Crippen LogP contribution in [0.3, 0.4) is 0 Å². The van der Waals surface area contributed by atoms with Crippen molar-refractivity contribution in [2.24, 2.45) is 5.41 Å². The Kier molecular flexibility index (Phi) is 3.66. The number of hydrogen-bond acceptors (Lipinski definition) is 3. The van der Waals surface area contributed by atoms with Crippen molar-refractivity contribution in [3.8, 4) is 0 Å². The van der Waals surface area contributed by atoms with Gasteiger partial charge in [-0.25, -0.2) is 4.79 Å². The molecule has 4 nitrogen and oxygen atoms in total. The number of hydroxylamine groups is 1. The standard InChI is InChI=1S/C12H15NO3/c1-12(2,3)11(15)13-16-10(14)9-7-5-4-6-8-9/h4-8H,1-3H3,(H,13,15). The zero-order valence-corrected chi connectivity index (χ0v) is 9.61. The fraction of sp³-hybridized carbons (Fsp3) is 0.333. The Bertz CT molecular complexity index is 379. The molecule has 0 heterocycles. The number of amides is 1. The highest BCUT2D eigenvalue weighted by molar-refractivity contribution is 5.90. The maximum absolute atomic E-state index is 11.4. The van der Waals surface area contributed by atoms with Crippen LogP contribution >= 0.6 is 0 Å². The minimum absolute atomic E-state index is 0.336. The van der Waals surface area contributed by atoms with Gasteiger partial charge in [0.1, 0.15) is 0 Å². The first-order valence-corrected chi connectivity index (χ1v) is 4.98. The molecule has 0 bridgehead atoms. The van der Waals surface area contributed by atoms with Crippen molar-refractivity contribution in [3.05, 3.63) is 35.9 Å². The van der Waals surface area contributed by atoms with Crippen LogP contribution in [0.5, 0.6) is 0 Å². The van der Waals surface area contributed by atoms with Gasteiger partial charge in [0.05, 0.1) is 5.56 Å². The maximum atomic E-state index is 11.4. The summed E-state index contributed by atoms with van der Waals surface area (Å²) in [6.07, 6.45) is 0. The van der Waals surface area contributed by atoms with Crippen molar-refractivity contribution >= 4 is 11.9 Å². The molecule has 0 aliphatic carbocycles. The van der Waals surface area contributed by atoms with Crippen molar-refractivity contribution < 1.29 is 14.4 Å². The minimum Gasteiger partial charge on any atom is -0.335 e. The Balaban J connectivity index is 2.52. The second-order valence-corrected chi connectivity index (χ2v) is 4.44. The first-order chi connectivity index (χ1) is 7.41. The van der Waals surface area contributed by atoms with Crippen LogP contribution in [0.4, 0.5) is 0 Å². The van der Waals surface area contributed by atoms with Gasteiger partial charge in [0.15, 0.2) is 0 Å². The predicted octanol–water partition coefficient (Wildman–Crippen LogP) is 1.92. The van der Waals surface area contributed by atoms with Gasteiger partial charge in [0.25, 0.3) is 5.91 Å². The molecular weight excluding hydrogens is 206 g/mol. The summed E-state index contributed by atoms with van der Waals surface area (Å²) < 4.78 is 0. The third kappa shape index (κ3) is 3.38. The minimum atomic E-state index is -0.586. The molecule has 0 aliphatic heterocycles. The summed E-state index contributed by atoms with van der Waals surface area (Å²) in [6, 6.07) is 8.48. The highest BCUT2D eigenvalue weighted by atomic mass is 16.7. The topological polar surface area (TPSA) is 55.4 Å². The lowest BCUT2D eigenvalue weighted by atomic mass is 9.96. The molecule has 0 unspecified atom stereocenters. The molecule has 16 heavy (non-hydrogen) atoms. The lowest BCUT2D eigenvalue weighted by molar-refractivity contribution is -0.137. The fourth-order valence-corrected chi connectivity index (χ4v) is 0.879. The van der Waals surface area contributed by atoms with Crippen molar-refractivity contribution in [3.63, 3.8) is 0 Å². The van der Waals surface area contributed by atoms with Gasteiger partial charge < -0.3 is 4.84 Å². The molecule has 0 aromatic heterocycles. The van der Waals surface area contributed by atoms with Gasteiger partial charge in [0, 0.05) is 5.41 Å². The largest absolute Gasteiger partial charge is 0.362 e. The monoisotopic (exact) mass is 221 g/mol. The first kappa shape index (κ1) is 12.2. The average molecular weight is 221 g/mol. The van der Waals surface area contributed by atoms with E-state index >= 15 is 0 Å². The Morgan fingerprint density at radius 1 is 1.12 bits per heavy atom. The van der Waals surface area contributed by atoms with E-state index in [1.54, 1.807) is 51.1 Å². The van der Waals surface area contributed by atoms with Gasteiger partial charge >= 0.3 is 5.97 Å². The maximum Gasteiger partial charge on any atom is 0.362 e. The Morgan fingerprint density at radius 3 is 2.19 bits per heavy atom. The van der Waals surface area contributed by atoms with E-state index in [2.05, 4.69) is 10.3 Å². The molecule has 1 aromatic carbocycles. The fourth-order valence-electron chi connectivity index (χ4n) is 0.879. The molecule has 1 aromatic rings. The Labute approximate surface area is 94.6 Å². The molecular formula is C12H15NO3. The highest BCUT2D eigenvalue weighted by Gasteiger charge is 2.22. The van der Waals surface area contributed by atoms with Gasteiger partial charge in [-0.1, -0.05) is 39.0 Å². The van der Waals surface area contributed by atoms with Crippen LogP contribution in [-0.4, -0.2) is 11.9 Å². The molecule has 0 radical (unpaired) electrons. The van der Waals surface area contributed by atoms with Gasteiger partial charge in [-0.15, -0.1) is 0 Å². The lowest BCUT2D eigenvalue weighted by Gasteiger charge is -2.16. The summed E-state index contributed by atoms with van der Waals surface area (Å²) >= 11 is 0. The predicted molar refractivity (Wildman–Crippen MR) is 59.5 cm³/mol. The summed E-state index contributed by atoms with van der Waals surface area (Å²) in [7, 11) is 0. The summed E-state index contributed by atoms with van der Waals surface area (Å²) in [5.74, 6) is -0.907. The van der Waals surface area contributed by atoms with E-state index in [1.165, 1.54) is 0 Å². The third-order valence-electron chi connectivity index (χ3n) is 1.93. The second-order valence-electron chi connectivity index (χ2n) is 4.44. The molecule has 0 fully saturated rings. The molecule has 1 rings (SSSR count). The molecule has 1 N–H and O–H groups in total. The van der Waals surface area contributed by atoms with E-state index in [1.807, 2.05) is 0 Å². The molecule has 1 amide bonds. The zero-order valence-electron chi connectivity index (χ0n) is 9.61. The second kappa shape index (κ2) is 4.79. The summed E-state index contributed by atoms with van der Waals surface area (Å²) in [5, 5.41) is 0. The van der Waals surface area contributed by atoms with Crippen LogP contribution in [0.15, 0.2) is 30.3 Å². The summed E-state index contributed by atoms with van der Waals surface area (Å²) in [6.45, 7) is 5.20. The molecule has 0 spiro atoms. The van der Waals surface area contributed by atoms with Gasteiger partial charge in [-0.2, -0.15) is 5.48 Å². The lowest BCUT2D eigenvalue weighted by Crippen LogP contribution is -2.36. The van der Waals surface area contributed by atoms with E-state index in [9.17, 15) is 9.59 Å². The van der Waals surface area contributed by atoms with Gasteiger partial charge in [-0.05, 0) is 12.1 Å². The SMILES string of the molecule is CC(C)(C)C(=O)NOC(=O)c1ccccc1. The van der Waals surface area contributed by atoms with Gasteiger partial charge in [-0.3, -0.25) is 4.79 Å². The quantitative estimate of drug-likeness (QED) is 0.737. The van der Waals surface area contributed by atoms with Crippen LogP contribution < -0.4 is 5.48 Å². The number of rotatable bonds is 1. The normalized spacial score (nSPS) is 10.7. The van der Waals surface area contributed by atoms with Crippen LogP contribution in [0.25, 0.3) is 0 Å². The molecule has 0 saturated carbocycles. The van der Waals surface area contributed by atoms with Crippen molar-refractivity contribution in [2.45, 2.75) is 20.8 Å². The Hall–Kier alpha value is -1.84. The first-order valence-electron chi connectivity index (χ1n) is 4.98. The van der Waals surface area contributed by atoms with Crippen LogP contribution in [0.2, 0.25) is 0 Å². The van der Waals surface area contributed by atoms with E-state index in [4.69, 9.17) is 0 Å². The Morgan fingerprint density at radius 2 is 1.69 bits per heavy atom. The third-order valence-corrected chi connectivity index (χ3v) is 1.93. The van der Waals surface area contributed by atoms with E-state index in [0.29, 0.717) is 5.56 Å². The van der Waals surface area contributed by atoms with Crippen LogP contribution in [0, 0.1) is 5.41 Å². The average Bonchev–Trinajstić information content (AvgIpc) is 2.25. The molecule has 4 heteroatoms. The smallest absolute Gasteiger partial charge is 0.335 e. The number of carbonyl (C=O) groups excluding carboxylic acids is 2. The van der Waals surface area contributed by atoms with Crippen LogP contribution in [0.1, 0.15) is 31.1 Å². The van der Waals surface area contributed by atoms with Crippen molar-refractivity contribution in [1.82, 2.24) is 5.48 Å². The van der Waals surface area contributed by atoms with E-state index in [-0.39, 0.29) is 5.91 Å². The number of hydrogen-bond donors (Lipinski definition) is 1. The van der Waals surface area contributed by atoms with Crippen LogP contribution in [-0.2, 0) is 9.63 Å². The number of carbonyl (C=O) groups is 2. The van der Waals surface area contributed by atoms with E-state index < -0.39 is 11.4 Å². The molecule has 0 saturated heterocycles. The molecule has 0 atom stereocenters. The highest BCUT2D eigenvalue weighted by Crippen LogP contribution is 2.12. The molecule has 0 aliphatic rings. The zero-order chi connectivity index (χ0) is 12.2. The number of nitrogens with one attached hydrogen (secondary N) is 1. The summed E-state index contributed by atoms with van der Waals surface area (Å²) in [4.78, 5) is 27.5. The summed E-state index contributed by atoms with van der Waals surface area (Å²) in [5.41, 5.74) is 1.95. The molecule has 86 valence electrons.